The lowest BCUT2D eigenvalue weighted by molar-refractivity contribution is 0.384. The molecule has 0 spiro atoms. The summed E-state index contributed by atoms with van der Waals surface area (Å²) in [6, 6.07) is 4.16. The van der Waals surface area contributed by atoms with Crippen molar-refractivity contribution in [1.82, 2.24) is 5.32 Å². The quantitative estimate of drug-likeness (QED) is 0.753. The molecule has 2 unspecified atom stereocenters. The highest BCUT2D eigenvalue weighted by molar-refractivity contribution is 5.31. The first-order valence-electron chi connectivity index (χ1n) is 5.23. The molecule has 1 aliphatic heterocycles. The van der Waals surface area contributed by atoms with Gasteiger partial charge in [0.25, 0.3) is 0 Å². The summed E-state index contributed by atoms with van der Waals surface area (Å²) in [6.45, 7) is 4.70. The van der Waals surface area contributed by atoms with Crippen LogP contribution in [0.15, 0.2) is 18.2 Å². The average Bonchev–Trinajstić information content (AvgIpc) is 2.47. The van der Waals surface area contributed by atoms with Gasteiger partial charge in [0.05, 0.1) is 0 Å². The summed E-state index contributed by atoms with van der Waals surface area (Å²) in [5.41, 5.74) is -0.211. The Bertz CT molecular complexity index is 358. The molecule has 1 aliphatic rings. The SMILES string of the molecule is CC1NCCC1(C)c1c(F)cccc1F. The van der Waals surface area contributed by atoms with Gasteiger partial charge in [0.1, 0.15) is 11.6 Å². The highest BCUT2D eigenvalue weighted by atomic mass is 19.1. The summed E-state index contributed by atoms with van der Waals surface area (Å²) in [7, 11) is 0. The molecule has 0 saturated carbocycles. The van der Waals surface area contributed by atoms with Gasteiger partial charge in [-0.1, -0.05) is 13.0 Å². The molecule has 2 rings (SSSR count). The van der Waals surface area contributed by atoms with Gasteiger partial charge in [-0.2, -0.15) is 0 Å². The van der Waals surface area contributed by atoms with Gasteiger partial charge in [-0.05, 0) is 32.0 Å². The average molecular weight is 211 g/mol. The van der Waals surface area contributed by atoms with Gasteiger partial charge in [-0.3, -0.25) is 0 Å². The van der Waals surface area contributed by atoms with E-state index in [0.717, 1.165) is 13.0 Å². The Hall–Kier alpha value is -0.960. The summed E-state index contributed by atoms with van der Waals surface area (Å²) < 4.78 is 27.3. The van der Waals surface area contributed by atoms with Crippen LogP contribution < -0.4 is 5.32 Å². The summed E-state index contributed by atoms with van der Waals surface area (Å²) in [5.74, 6) is -0.874. The predicted molar refractivity (Wildman–Crippen MR) is 55.8 cm³/mol. The van der Waals surface area contributed by atoms with Crippen molar-refractivity contribution in [2.75, 3.05) is 6.54 Å². The van der Waals surface area contributed by atoms with Crippen molar-refractivity contribution in [2.24, 2.45) is 0 Å². The molecule has 3 heteroatoms. The predicted octanol–water partition coefficient (Wildman–Crippen LogP) is 2.60. The highest BCUT2D eigenvalue weighted by Gasteiger charge is 2.40. The largest absolute Gasteiger partial charge is 0.313 e. The second kappa shape index (κ2) is 3.56. The first kappa shape index (κ1) is 10.6. The molecule has 2 atom stereocenters. The number of rotatable bonds is 1. The molecule has 1 N–H and O–H groups in total. The Labute approximate surface area is 88.5 Å². The van der Waals surface area contributed by atoms with Gasteiger partial charge in [-0.25, -0.2) is 8.78 Å². The van der Waals surface area contributed by atoms with Crippen LogP contribution in [0.4, 0.5) is 8.78 Å². The van der Waals surface area contributed by atoms with Crippen LogP contribution in [-0.2, 0) is 5.41 Å². The lowest BCUT2D eigenvalue weighted by atomic mass is 9.76. The Morgan fingerprint density at radius 2 is 1.93 bits per heavy atom. The molecule has 0 radical (unpaired) electrons. The van der Waals surface area contributed by atoms with Crippen LogP contribution in [0, 0.1) is 11.6 Å². The van der Waals surface area contributed by atoms with E-state index >= 15 is 0 Å². The molecule has 1 saturated heterocycles. The molecule has 15 heavy (non-hydrogen) atoms. The lowest BCUT2D eigenvalue weighted by Crippen LogP contribution is -2.36. The van der Waals surface area contributed by atoms with E-state index in [1.54, 1.807) is 0 Å². The second-order valence-electron chi connectivity index (χ2n) is 4.44. The van der Waals surface area contributed by atoms with E-state index in [0.29, 0.717) is 0 Å². The van der Waals surface area contributed by atoms with E-state index in [-0.39, 0.29) is 11.6 Å². The van der Waals surface area contributed by atoms with Crippen LogP contribution in [0.3, 0.4) is 0 Å². The zero-order valence-electron chi connectivity index (χ0n) is 8.98. The molecule has 82 valence electrons. The minimum atomic E-state index is -0.437. The van der Waals surface area contributed by atoms with E-state index < -0.39 is 17.0 Å². The lowest BCUT2D eigenvalue weighted by Gasteiger charge is -2.29. The van der Waals surface area contributed by atoms with Gasteiger partial charge >= 0.3 is 0 Å². The molecule has 0 aromatic heterocycles. The molecular weight excluding hydrogens is 196 g/mol. The molecule has 0 bridgehead atoms. The van der Waals surface area contributed by atoms with E-state index in [1.807, 2.05) is 13.8 Å². The first-order chi connectivity index (χ1) is 7.05. The zero-order valence-corrected chi connectivity index (χ0v) is 8.98. The van der Waals surface area contributed by atoms with E-state index in [1.165, 1.54) is 18.2 Å². The fourth-order valence-corrected chi connectivity index (χ4v) is 2.38. The minimum absolute atomic E-state index is 0.101. The third-order valence-corrected chi connectivity index (χ3v) is 3.58. The maximum atomic E-state index is 13.7. The molecule has 0 amide bonds. The summed E-state index contributed by atoms with van der Waals surface area (Å²) in [4.78, 5) is 0. The zero-order chi connectivity index (χ0) is 11.1. The van der Waals surface area contributed by atoms with Gasteiger partial charge in [-0.15, -0.1) is 0 Å². The summed E-state index contributed by atoms with van der Waals surface area (Å²) >= 11 is 0. The molecule has 1 aromatic rings. The van der Waals surface area contributed by atoms with Crippen LogP contribution in [0.5, 0.6) is 0 Å². The Balaban J connectivity index is 2.53. The molecule has 1 heterocycles. The third kappa shape index (κ3) is 1.55. The van der Waals surface area contributed by atoms with Crippen LogP contribution in [0.2, 0.25) is 0 Å². The van der Waals surface area contributed by atoms with Gasteiger partial charge < -0.3 is 5.32 Å². The summed E-state index contributed by atoms with van der Waals surface area (Å²) in [6.07, 6.45) is 0.770. The topological polar surface area (TPSA) is 12.0 Å². The second-order valence-corrected chi connectivity index (χ2v) is 4.44. The van der Waals surface area contributed by atoms with E-state index in [9.17, 15) is 8.78 Å². The molecule has 1 aromatic carbocycles. The van der Waals surface area contributed by atoms with Crippen LogP contribution >= 0.6 is 0 Å². The Morgan fingerprint density at radius 1 is 1.33 bits per heavy atom. The highest BCUT2D eigenvalue weighted by Crippen LogP contribution is 2.37. The van der Waals surface area contributed by atoms with Crippen molar-refractivity contribution < 1.29 is 8.78 Å². The Kier molecular flexibility index (Phi) is 2.51. The van der Waals surface area contributed by atoms with Crippen LogP contribution in [0.25, 0.3) is 0 Å². The number of hydrogen-bond donors (Lipinski definition) is 1. The number of hydrogen-bond acceptors (Lipinski definition) is 1. The van der Waals surface area contributed by atoms with Crippen molar-refractivity contribution in [1.29, 1.82) is 0 Å². The maximum Gasteiger partial charge on any atom is 0.129 e. The molecular formula is C12H15F2N. The van der Waals surface area contributed by atoms with Crippen LogP contribution in [-0.4, -0.2) is 12.6 Å². The van der Waals surface area contributed by atoms with Gasteiger partial charge in [0, 0.05) is 17.0 Å². The number of nitrogens with one attached hydrogen (secondary N) is 1. The van der Waals surface area contributed by atoms with Gasteiger partial charge in [0.15, 0.2) is 0 Å². The maximum absolute atomic E-state index is 13.7. The van der Waals surface area contributed by atoms with Crippen molar-refractivity contribution in [3.63, 3.8) is 0 Å². The number of benzene rings is 1. The van der Waals surface area contributed by atoms with Crippen LogP contribution in [0.1, 0.15) is 25.8 Å². The van der Waals surface area contributed by atoms with Gasteiger partial charge in [0.2, 0.25) is 0 Å². The van der Waals surface area contributed by atoms with E-state index in [4.69, 9.17) is 0 Å². The van der Waals surface area contributed by atoms with Crippen molar-refractivity contribution in [3.8, 4) is 0 Å². The standard InChI is InChI=1S/C12H15F2N/c1-8-12(2,6-7-15-8)11-9(13)4-3-5-10(11)14/h3-5,8,15H,6-7H2,1-2H3. The molecule has 1 nitrogen and oxygen atoms in total. The fraction of sp³-hybridized carbons (Fsp3) is 0.500. The molecule has 0 aliphatic carbocycles. The minimum Gasteiger partial charge on any atom is -0.313 e. The van der Waals surface area contributed by atoms with Crippen molar-refractivity contribution >= 4 is 0 Å². The smallest absolute Gasteiger partial charge is 0.129 e. The molecule has 1 fully saturated rings. The first-order valence-corrected chi connectivity index (χ1v) is 5.23. The normalized spacial score (nSPS) is 30.8. The fourth-order valence-electron chi connectivity index (χ4n) is 2.38. The Morgan fingerprint density at radius 3 is 2.40 bits per heavy atom. The monoisotopic (exact) mass is 211 g/mol. The summed E-state index contributed by atoms with van der Waals surface area (Å²) in [5, 5.41) is 3.23. The van der Waals surface area contributed by atoms with E-state index in [2.05, 4.69) is 5.32 Å². The number of halogens is 2. The van der Waals surface area contributed by atoms with Crippen molar-refractivity contribution in [2.45, 2.75) is 31.7 Å². The third-order valence-electron chi connectivity index (χ3n) is 3.58. The van der Waals surface area contributed by atoms with Crippen molar-refractivity contribution in [3.05, 3.63) is 35.4 Å².